The summed E-state index contributed by atoms with van der Waals surface area (Å²) in [5.74, 6) is 0. The molecule has 2 atom stereocenters. The summed E-state index contributed by atoms with van der Waals surface area (Å²) in [7, 11) is 0. The van der Waals surface area contributed by atoms with E-state index < -0.39 is 5.41 Å². The first-order valence-electron chi connectivity index (χ1n) is 20.0. The molecular weight excluding hydrogens is 780 g/mol. The molecule has 0 saturated heterocycles. The van der Waals surface area contributed by atoms with E-state index in [1.165, 1.54) is 105 Å². The molecule has 0 bridgehead atoms. The Balaban J connectivity index is 1.42. The van der Waals surface area contributed by atoms with Gasteiger partial charge >= 0.3 is 0 Å². The number of fused-ring (bicyclic) bond motifs is 6. The maximum atomic E-state index is 9.57. The van der Waals surface area contributed by atoms with Crippen LogP contribution in [-0.4, -0.2) is 24.9 Å². The Morgan fingerprint density at radius 3 is 1.68 bits per heavy atom. The summed E-state index contributed by atoms with van der Waals surface area (Å²) in [5, 5.41) is 9.57. The molecule has 5 aromatic carbocycles. The Morgan fingerprint density at radius 2 is 1.06 bits per heavy atom. The van der Waals surface area contributed by atoms with Crippen LogP contribution >= 0.6 is 31.9 Å². The normalized spacial score (nSPS) is 18.2. The number of ether oxygens (including phenoxy) is 1. The van der Waals surface area contributed by atoms with Crippen LogP contribution in [0.15, 0.2) is 106 Å². The molecule has 0 fully saturated rings. The first-order valence-corrected chi connectivity index (χ1v) is 21.6. The summed E-state index contributed by atoms with van der Waals surface area (Å²) in [5.41, 5.74) is 15.6. The van der Waals surface area contributed by atoms with E-state index in [0.29, 0.717) is 0 Å². The molecular formula is C49H54Br2O2. The van der Waals surface area contributed by atoms with E-state index in [-0.39, 0.29) is 12.0 Å². The monoisotopic (exact) mass is 832 g/mol. The van der Waals surface area contributed by atoms with Crippen LogP contribution in [0.3, 0.4) is 0 Å². The molecule has 0 saturated carbocycles. The Bertz CT molecular complexity index is 2030. The molecule has 0 heterocycles. The standard InChI is InChI=1S/C49H54Br2O2/c1-4-6-7-8-9-10-27-48(3)44-30-38(50)23-25-40(44)42-33-47-43(32-45(42)48)41-26-24-39(51)31-46(41)49(47,36-19-15-34(16-20-36)13-11-28-52)37-21-17-35(18-22-37)14-12-29-53-5-2/h15-26,30-33,52H,4-14,27-29H2,1-3H3. The number of unbranched alkanes of at least 4 members (excludes halogenated alkanes) is 5. The molecule has 2 unspecified atom stereocenters. The van der Waals surface area contributed by atoms with Crippen LogP contribution in [0.2, 0.25) is 0 Å². The fraction of sp³-hybridized carbons (Fsp3) is 0.388. The second-order valence-corrected chi connectivity index (χ2v) is 17.3. The Morgan fingerprint density at radius 1 is 0.547 bits per heavy atom. The van der Waals surface area contributed by atoms with Crippen molar-refractivity contribution in [2.45, 2.75) is 102 Å². The van der Waals surface area contributed by atoms with Crippen LogP contribution in [-0.2, 0) is 28.4 Å². The number of aryl methyl sites for hydroxylation is 2. The zero-order chi connectivity index (χ0) is 37.0. The molecule has 276 valence electrons. The molecule has 0 amide bonds. The zero-order valence-corrected chi connectivity index (χ0v) is 34.9. The first-order chi connectivity index (χ1) is 25.8. The van der Waals surface area contributed by atoms with Gasteiger partial charge in [-0.3, -0.25) is 0 Å². The highest BCUT2D eigenvalue weighted by atomic mass is 79.9. The topological polar surface area (TPSA) is 29.5 Å². The van der Waals surface area contributed by atoms with Crippen molar-refractivity contribution in [2.24, 2.45) is 0 Å². The average Bonchev–Trinajstić information content (AvgIpc) is 3.58. The molecule has 4 heteroatoms. The molecule has 2 aliphatic rings. The third-order valence-electron chi connectivity index (χ3n) is 12.1. The highest BCUT2D eigenvalue weighted by molar-refractivity contribution is 9.10. The quantitative estimate of drug-likeness (QED) is 0.0928. The molecule has 0 radical (unpaired) electrons. The molecule has 0 aromatic heterocycles. The van der Waals surface area contributed by atoms with Gasteiger partial charge in [0.25, 0.3) is 0 Å². The van der Waals surface area contributed by atoms with Gasteiger partial charge in [-0.25, -0.2) is 0 Å². The molecule has 2 aliphatic carbocycles. The van der Waals surface area contributed by atoms with Gasteiger partial charge in [-0.05, 0) is 142 Å². The summed E-state index contributed by atoms with van der Waals surface area (Å²) in [6, 6.07) is 37.8. The molecule has 2 nitrogen and oxygen atoms in total. The highest BCUT2D eigenvalue weighted by Crippen LogP contribution is 2.61. The van der Waals surface area contributed by atoms with Crippen molar-refractivity contribution < 1.29 is 9.84 Å². The maximum absolute atomic E-state index is 9.57. The van der Waals surface area contributed by atoms with Crippen LogP contribution < -0.4 is 0 Å². The molecule has 5 aromatic rings. The summed E-state index contributed by atoms with van der Waals surface area (Å²) in [4.78, 5) is 0. The predicted molar refractivity (Wildman–Crippen MR) is 229 cm³/mol. The van der Waals surface area contributed by atoms with Gasteiger partial charge in [-0.1, -0.05) is 145 Å². The lowest BCUT2D eigenvalue weighted by Gasteiger charge is -2.35. The number of aliphatic hydroxyl groups excluding tert-OH is 1. The summed E-state index contributed by atoms with van der Waals surface area (Å²) >= 11 is 7.77. The van der Waals surface area contributed by atoms with Crippen LogP contribution in [0.25, 0.3) is 22.3 Å². The minimum atomic E-state index is -0.503. The lowest BCUT2D eigenvalue weighted by atomic mass is 9.67. The highest BCUT2D eigenvalue weighted by Gasteiger charge is 2.49. The van der Waals surface area contributed by atoms with Crippen molar-refractivity contribution in [3.05, 3.63) is 151 Å². The van der Waals surface area contributed by atoms with E-state index in [2.05, 4.69) is 150 Å². The Hall–Kier alpha value is -3.02. The third kappa shape index (κ3) is 7.27. The van der Waals surface area contributed by atoms with E-state index in [4.69, 9.17) is 4.74 Å². The number of hydrogen-bond donors (Lipinski definition) is 1. The lowest BCUT2D eigenvalue weighted by molar-refractivity contribution is 0.145. The van der Waals surface area contributed by atoms with E-state index in [1.54, 1.807) is 0 Å². The number of halogens is 2. The SMILES string of the molecule is CCCCCCCCC1(C)c2cc(Br)ccc2-c2cc3c(cc21)-c1ccc(Br)cc1C3(c1ccc(CCCO)cc1)c1ccc(CCCOCC)cc1. The van der Waals surface area contributed by atoms with Crippen molar-refractivity contribution in [1.82, 2.24) is 0 Å². The van der Waals surface area contributed by atoms with Gasteiger partial charge in [-0.2, -0.15) is 0 Å². The number of benzene rings is 5. The minimum absolute atomic E-state index is 0.0630. The summed E-state index contributed by atoms with van der Waals surface area (Å²) < 4.78 is 7.91. The Kier molecular flexibility index (Phi) is 12.1. The number of hydrogen-bond acceptors (Lipinski definition) is 2. The first kappa shape index (κ1) is 38.3. The molecule has 1 N–H and O–H groups in total. The Labute approximate surface area is 334 Å². The van der Waals surface area contributed by atoms with E-state index in [1.807, 2.05) is 0 Å². The van der Waals surface area contributed by atoms with Crippen LogP contribution in [0.5, 0.6) is 0 Å². The minimum Gasteiger partial charge on any atom is -0.396 e. The van der Waals surface area contributed by atoms with Gasteiger partial charge in [0.05, 0.1) is 5.41 Å². The largest absolute Gasteiger partial charge is 0.396 e. The summed E-state index contributed by atoms with van der Waals surface area (Å²) in [6.07, 6.45) is 12.6. The van der Waals surface area contributed by atoms with Crippen molar-refractivity contribution >= 4 is 31.9 Å². The van der Waals surface area contributed by atoms with Gasteiger partial charge in [0.15, 0.2) is 0 Å². The lowest BCUT2D eigenvalue weighted by Crippen LogP contribution is -2.29. The van der Waals surface area contributed by atoms with E-state index in [9.17, 15) is 5.11 Å². The van der Waals surface area contributed by atoms with Gasteiger partial charge < -0.3 is 9.84 Å². The van der Waals surface area contributed by atoms with Gasteiger partial charge in [0, 0.05) is 34.2 Å². The van der Waals surface area contributed by atoms with E-state index >= 15 is 0 Å². The second-order valence-electron chi connectivity index (χ2n) is 15.4. The van der Waals surface area contributed by atoms with Crippen molar-refractivity contribution in [2.75, 3.05) is 19.8 Å². The molecule has 0 aliphatic heterocycles. The van der Waals surface area contributed by atoms with Gasteiger partial charge in [0.1, 0.15) is 0 Å². The number of aliphatic hydroxyl groups is 1. The molecule has 7 rings (SSSR count). The van der Waals surface area contributed by atoms with Crippen molar-refractivity contribution in [3.8, 4) is 22.3 Å². The van der Waals surface area contributed by atoms with Crippen molar-refractivity contribution in [3.63, 3.8) is 0 Å². The third-order valence-corrected chi connectivity index (χ3v) is 13.1. The van der Waals surface area contributed by atoms with Crippen molar-refractivity contribution in [1.29, 1.82) is 0 Å². The molecule has 53 heavy (non-hydrogen) atoms. The fourth-order valence-corrected chi connectivity index (χ4v) is 10.1. The molecule has 0 spiro atoms. The second kappa shape index (κ2) is 16.8. The van der Waals surface area contributed by atoms with Crippen LogP contribution in [0.4, 0.5) is 0 Å². The average molecular weight is 835 g/mol. The number of rotatable bonds is 17. The maximum Gasteiger partial charge on any atom is 0.0714 e. The van der Waals surface area contributed by atoms with E-state index in [0.717, 1.165) is 54.3 Å². The fourth-order valence-electron chi connectivity index (χ4n) is 9.34. The summed E-state index contributed by atoms with van der Waals surface area (Å²) in [6.45, 7) is 8.62. The van der Waals surface area contributed by atoms with Gasteiger partial charge in [0.2, 0.25) is 0 Å². The predicted octanol–water partition coefficient (Wildman–Crippen LogP) is 13.5. The van der Waals surface area contributed by atoms with Gasteiger partial charge in [-0.15, -0.1) is 0 Å². The smallest absolute Gasteiger partial charge is 0.0714 e. The zero-order valence-electron chi connectivity index (χ0n) is 31.7. The van der Waals surface area contributed by atoms with Crippen LogP contribution in [0.1, 0.15) is 123 Å². The van der Waals surface area contributed by atoms with Crippen LogP contribution in [0, 0.1) is 0 Å².